The molecule has 0 spiro atoms. The number of aryl methyl sites for hydroxylation is 1. The Morgan fingerprint density at radius 3 is 2.83 bits per heavy atom. The van der Waals surface area contributed by atoms with Crippen molar-refractivity contribution in [3.05, 3.63) is 35.3 Å². The van der Waals surface area contributed by atoms with Crippen molar-refractivity contribution in [1.29, 1.82) is 0 Å². The van der Waals surface area contributed by atoms with Crippen LogP contribution >= 0.6 is 23.1 Å². The molecule has 90 valence electrons. The first-order chi connectivity index (χ1) is 8.70. The Morgan fingerprint density at radius 2 is 2.06 bits per heavy atom. The third-order valence-electron chi connectivity index (χ3n) is 2.39. The van der Waals surface area contributed by atoms with Crippen molar-refractivity contribution >= 4 is 39.7 Å². The monoisotopic (exact) mass is 274 g/mol. The van der Waals surface area contributed by atoms with E-state index < -0.39 is 0 Å². The average molecular weight is 274 g/mol. The number of fused-ring (bicyclic) bond motifs is 1. The summed E-state index contributed by atoms with van der Waals surface area (Å²) in [5.74, 6) is 0. The first-order valence-electron chi connectivity index (χ1n) is 5.35. The van der Waals surface area contributed by atoms with Crippen molar-refractivity contribution < 1.29 is 0 Å². The minimum Gasteiger partial charge on any atom is -0.399 e. The van der Waals surface area contributed by atoms with E-state index in [0.717, 1.165) is 31.0 Å². The van der Waals surface area contributed by atoms with E-state index in [4.69, 9.17) is 5.73 Å². The van der Waals surface area contributed by atoms with E-state index in [1.54, 1.807) is 11.3 Å². The summed E-state index contributed by atoms with van der Waals surface area (Å²) in [4.78, 5) is 4.57. The number of nitrogen functional groups attached to an aromatic ring is 1. The number of pyridine rings is 1. The van der Waals surface area contributed by atoms with Gasteiger partial charge >= 0.3 is 0 Å². The number of anilines is 1. The van der Waals surface area contributed by atoms with Crippen LogP contribution in [0.4, 0.5) is 5.69 Å². The number of rotatable bonds is 2. The maximum absolute atomic E-state index is 5.74. The third-order valence-corrected chi connectivity index (χ3v) is 4.21. The van der Waals surface area contributed by atoms with E-state index in [1.165, 1.54) is 11.8 Å². The summed E-state index contributed by atoms with van der Waals surface area (Å²) < 4.78 is 0.912. The Labute approximate surface area is 112 Å². The van der Waals surface area contributed by atoms with Crippen LogP contribution in [-0.4, -0.2) is 15.2 Å². The molecule has 2 N–H and O–H groups in total. The molecule has 2 aromatic heterocycles. The van der Waals surface area contributed by atoms with Crippen molar-refractivity contribution in [3.63, 3.8) is 0 Å². The largest absolute Gasteiger partial charge is 0.399 e. The Hall–Kier alpha value is -1.66. The minimum atomic E-state index is 0.754. The highest BCUT2D eigenvalue weighted by Crippen LogP contribution is 2.29. The Balaban J connectivity index is 1.96. The van der Waals surface area contributed by atoms with E-state index in [-0.39, 0.29) is 0 Å². The summed E-state index contributed by atoms with van der Waals surface area (Å²) in [5.41, 5.74) is 7.43. The van der Waals surface area contributed by atoms with Gasteiger partial charge in [-0.25, -0.2) is 4.98 Å². The van der Waals surface area contributed by atoms with E-state index >= 15 is 0 Å². The normalized spacial score (nSPS) is 10.9. The number of nitrogens with two attached hydrogens (primary N) is 1. The molecule has 4 nitrogen and oxygen atoms in total. The highest BCUT2D eigenvalue weighted by Gasteiger charge is 2.05. The zero-order valence-electron chi connectivity index (χ0n) is 9.62. The van der Waals surface area contributed by atoms with E-state index in [2.05, 4.69) is 15.2 Å². The van der Waals surface area contributed by atoms with Crippen molar-refractivity contribution in [2.75, 3.05) is 5.73 Å². The second kappa shape index (κ2) is 4.55. The van der Waals surface area contributed by atoms with Crippen molar-refractivity contribution in [1.82, 2.24) is 15.2 Å². The van der Waals surface area contributed by atoms with Crippen LogP contribution in [0.5, 0.6) is 0 Å². The van der Waals surface area contributed by atoms with Crippen LogP contribution in [-0.2, 0) is 0 Å². The van der Waals surface area contributed by atoms with Gasteiger partial charge in [-0.05, 0) is 43.0 Å². The molecular weight excluding hydrogens is 264 g/mol. The Kier molecular flexibility index (Phi) is 2.89. The molecule has 6 heteroatoms. The summed E-state index contributed by atoms with van der Waals surface area (Å²) in [5, 5.41) is 11.0. The lowest BCUT2D eigenvalue weighted by molar-refractivity contribution is 0.981. The van der Waals surface area contributed by atoms with Gasteiger partial charge in [0.25, 0.3) is 0 Å². The lowest BCUT2D eigenvalue weighted by Crippen LogP contribution is -1.86. The molecular formula is C12H10N4S2. The molecule has 0 bridgehead atoms. The molecule has 0 aliphatic carbocycles. The molecule has 0 radical (unpaired) electrons. The molecule has 0 saturated carbocycles. The number of benzene rings is 1. The third kappa shape index (κ3) is 2.30. The Bertz CT molecular complexity index is 708. The topological polar surface area (TPSA) is 64.7 Å². The van der Waals surface area contributed by atoms with Gasteiger partial charge < -0.3 is 5.73 Å². The van der Waals surface area contributed by atoms with Gasteiger partial charge in [-0.3, -0.25) is 0 Å². The van der Waals surface area contributed by atoms with Crippen LogP contribution in [0.3, 0.4) is 0 Å². The molecule has 1 aromatic carbocycles. The van der Waals surface area contributed by atoms with Crippen LogP contribution in [0.1, 0.15) is 5.01 Å². The predicted molar refractivity (Wildman–Crippen MR) is 74.9 cm³/mol. The first kappa shape index (κ1) is 11.4. The van der Waals surface area contributed by atoms with Gasteiger partial charge in [0.2, 0.25) is 0 Å². The maximum Gasteiger partial charge on any atom is 0.180 e. The molecule has 0 aliphatic rings. The lowest BCUT2D eigenvalue weighted by atomic mass is 10.2. The quantitative estimate of drug-likeness (QED) is 0.727. The minimum absolute atomic E-state index is 0.754. The summed E-state index contributed by atoms with van der Waals surface area (Å²) in [6.07, 6.45) is 0. The predicted octanol–water partition coefficient (Wildman–Crippen LogP) is 3.13. The van der Waals surface area contributed by atoms with Gasteiger partial charge in [0.05, 0.1) is 5.52 Å². The zero-order chi connectivity index (χ0) is 12.5. The molecule has 0 amide bonds. The van der Waals surface area contributed by atoms with Gasteiger partial charge in [0, 0.05) is 11.1 Å². The highest BCUT2D eigenvalue weighted by atomic mass is 32.2. The fraction of sp³-hybridized carbons (Fsp3) is 0.0833. The molecule has 18 heavy (non-hydrogen) atoms. The SMILES string of the molecule is Cc1nnc(Sc2ccc3cc(N)ccc3n2)s1. The number of nitrogens with zero attached hydrogens (tertiary/aromatic N) is 3. The van der Waals surface area contributed by atoms with Crippen LogP contribution in [0.25, 0.3) is 10.9 Å². The van der Waals surface area contributed by atoms with Gasteiger partial charge in [0.1, 0.15) is 10.0 Å². The summed E-state index contributed by atoms with van der Waals surface area (Å²) >= 11 is 3.10. The molecule has 0 atom stereocenters. The second-order valence-electron chi connectivity index (χ2n) is 3.79. The molecule has 3 aromatic rings. The average Bonchev–Trinajstić information content (AvgIpc) is 2.75. The Morgan fingerprint density at radius 1 is 1.17 bits per heavy atom. The summed E-state index contributed by atoms with van der Waals surface area (Å²) in [7, 11) is 0. The zero-order valence-corrected chi connectivity index (χ0v) is 11.3. The van der Waals surface area contributed by atoms with Gasteiger partial charge in [-0.2, -0.15) is 0 Å². The van der Waals surface area contributed by atoms with E-state index in [0.29, 0.717) is 0 Å². The maximum atomic E-state index is 5.74. The molecule has 2 heterocycles. The van der Waals surface area contributed by atoms with Crippen LogP contribution in [0, 0.1) is 6.92 Å². The van der Waals surface area contributed by atoms with Crippen molar-refractivity contribution in [3.8, 4) is 0 Å². The van der Waals surface area contributed by atoms with Gasteiger partial charge in [0.15, 0.2) is 4.34 Å². The summed E-state index contributed by atoms with van der Waals surface area (Å²) in [6, 6.07) is 9.71. The fourth-order valence-corrected chi connectivity index (χ4v) is 3.33. The fourth-order valence-electron chi connectivity index (χ4n) is 1.59. The molecule has 0 aliphatic heterocycles. The number of hydrogen-bond donors (Lipinski definition) is 1. The second-order valence-corrected chi connectivity index (χ2v) is 6.24. The number of aromatic nitrogens is 3. The number of hydrogen-bond acceptors (Lipinski definition) is 6. The van der Waals surface area contributed by atoms with E-state index in [1.807, 2.05) is 37.3 Å². The molecule has 0 saturated heterocycles. The van der Waals surface area contributed by atoms with Crippen molar-refractivity contribution in [2.45, 2.75) is 16.3 Å². The lowest BCUT2D eigenvalue weighted by Gasteiger charge is -2.01. The van der Waals surface area contributed by atoms with Crippen LogP contribution < -0.4 is 5.73 Å². The van der Waals surface area contributed by atoms with Gasteiger partial charge in [-0.15, -0.1) is 10.2 Å². The smallest absolute Gasteiger partial charge is 0.180 e. The van der Waals surface area contributed by atoms with Crippen LogP contribution in [0.2, 0.25) is 0 Å². The first-order valence-corrected chi connectivity index (χ1v) is 6.98. The van der Waals surface area contributed by atoms with Crippen molar-refractivity contribution in [2.24, 2.45) is 0 Å². The van der Waals surface area contributed by atoms with Gasteiger partial charge in [-0.1, -0.05) is 17.4 Å². The van der Waals surface area contributed by atoms with Crippen LogP contribution in [0.15, 0.2) is 39.7 Å². The van der Waals surface area contributed by atoms with E-state index in [9.17, 15) is 0 Å². The summed E-state index contributed by atoms with van der Waals surface area (Å²) in [6.45, 7) is 1.94. The molecule has 0 unspecified atom stereocenters. The standard InChI is InChI=1S/C12H10N4S2/c1-7-15-16-12(17-7)18-11-5-2-8-6-9(13)3-4-10(8)14-11/h2-6H,13H2,1H3. The highest BCUT2D eigenvalue weighted by molar-refractivity contribution is 8.01. The molecule has 3 rings (SSSR count). The molecule has 0 fully saturated rings.